The van der Waals surface area contributed by atoms with Crippen LogP contribution in [0.1, 0.15) is 24.6 Å². The molecule has 0 aliphatic carbocycles. The monoisotopic (exact) mass is 277 g/mol. The van der Waals surface area contributed by atoms with E-state index in [1.165, 1.54) is 24.3 Å². The maximum absolute atomic E-state index is 12.7. The highest BCUT2D eigenvalue weighted by atomic mass is 19.1. The average molecular weight is 277 g/mol. The number of oxazole rings is 1. The summed E-state index contributed by atoms with van der Waals surface area (Å²) in [5.41, 5.74) is 0.554. The van der Waals surface area contributed by atoms with E-state index in [4.69, 9.17) is 4.42 Å². The molecule has 20 heavy (non-hydrogen) atoms. The van der Waals surface area contributed by atoms with Gasteiger partial charge in [0.05, 0.1) is 18.8 Å². The Morgan fingerprint density at radius 3 is 2.70 bits per heavy atom. The van der Waals surface area contributed by atoms with Crippen LogP contribution in [0.2, 0.25) is 0 Å². The molecule has 0 radical (unpaired) electrons. The second-order valence-electron chi connectivity index (χ2n) is 4.47. The predicted molar refractivity (Wildman–Crippen MR) is 72.7 cm³/mol. The molecule has 0 bridgehead atoms. The Hall–Kier alpha value is -2.21. The van der Waals surface area contributed by atoms with Gasteiger partial charge in [-0.05, 0) is 38.1 Å². The van der Waals surface area contributed by atoms with Gasteiger partial charge in [-0.2, -0.15) is 0 Å². The van der Waals surface area contributed by atoms with Crippen LogP contribution in [0.25, 0.3) is 0 Å². The van der Waals surface area contributed by atoms with Crippen molar-refractivity contribution in [3.63, 3.8) is 0 Å². The van der Waals surface area contributed by atoms with Gasteiger partial charge in [0, 0.05) is 5.69 Å². The summed E-state index contributed by atoms with van der Waals surface area (Å²) >= 11 is 0. The maximum atomic E-state index is 12.7. The van der Waals surface area contributed by atoms with E-state index in [0.29, 0.717) is 11.6 Å². The molecule has 2 aromatic rings. The fourth-order valence-corrected chi connectivity index (χ4v) is 1.64. The van der Waals surface area contributed by atoms with Gasteiger partial charge >= 0.3 is 0 Å². The van der Waals surface area contributed by atoms with Crippen LogP contribution in [0, 0.1) is 12.7 Å². The minimum absolute atomic E-state index is 0.111. The van der Waals surface area contributed by atoms with Crippen LogP contribution in [0.5, 0.6) is 0 Å². The topological polar surface area (TPSA) is 67.2 Å². The minimum Gasteiger partial charge on any atom is -0.444 e. The number of carbonyl (C=O) groups excluding carboxylic acids is 1. The first-order valence-corrected chi connectivity index (χ1v) is 6.26. The lowest BCUT2D eigenvalue weighted by atomic mass is 10.3. The molecular formula is C14H16FN3O2. The van der Waals surface area contributed by atoms with Crippen LogP contribution < -0.4 is 10.6 Å². The van der Waals surface area contributed by atoms with E-state index in [2.05, 4.69) is 15.6 Å². The van der Waals surface area contributed by atoms with E-state index < -0.39 is 0 Å². The molecule has 5 nitrogen and oxygen atoms in total. The number of benzene rings is 1. The van der Waals surface area contributed by atoms with Gasteiger partial charge in [-0.15, -0.1) is 0 Å². The molecule has 1 amide bonds. The summed E-state index contributed by atoms with van der Waals surface area (Å²) in [5.74, 6) is 0.710. The number of aromatic nitrogens is 1. The summed E-state index contributed by atoms with van der Waals surface area (Å²) in [7, 11) is 0. The lowest BCUT2D eigenvalue weighted by molar-refractivity contribution is -0.115. The maximum Gasteiger partial charge on any atom is 0.238 e. The molecule has 0 fully saturated rings. The fraction of sp³-hybridized carbons (Fsp3) is 0.286. The molecular weight excluding hydrogens is 261 g/mol. The standard InChI is InChI=1S/C14H16FN3O2/c1-9-7-17-14(20-9)10(2)16-8-13(19)18-12-5-3-11(15)4-6-12/h3-7,10,16H,8H2,1-2H3,(H,18,19). The van der Waals surface area contributed by atoms with Gasteiger partial charge in [-0.3, -0.25) is 10.1 Å². The largest absolute Gasteiger partial charge is 0.444 e. The van der Waals surface area contributed by atoms with Gasteiger partial charge in [0.2, 0.25) is 11.8 Å². The molecule has 1 aromatic carbocycles. The number of nitrogens with one attached hydrogen (secondary N) is 2. The van der Waals surface area contributed by atoms with Crippen molar-refractivity contribution < 1.29 is 13.6 Å². The molecule has 106 valence electrons. The number of nitrogens with zero attached hydrogens (tertiary/aromatic N) is 1. The van der Waals surface area contributed by atoms with Crippen LogP contribution in [-0.4, -0.2) is 17.4 Å². The Labute approximate surface area is 116 Å². The normalized spacial score (nSPS) is 12.2. The Bertz CT molecular complexity index is 580. The number of amides is 1. The SMILES string of the molecule is Cc1cnc(C(C)NCC(=O)Nc2ccc(F)cc2)o1. The van der Waals surface area contributed by atoms with Gasteiger partial charge in [-0.1, -0.05) is 0 Å². The van der Waals surface area contributed by atoms with E-state index in [1.54, 1.807) is 6.20 Å². The van der Waals surface area contributed by atoms with E-state index in [0.717, 1.165) is 5.76 Å². The number of hydrogen-bond donors (Lipinski definition) is 2. The second-order valence-corrected chi connectivity index (χ2v) is 4.47. The van der Waals surface area contributed by atoms with E-state index in [1.807, 2.05) is 13.8 Å². The third-order valence-electron chi connectivity index (χ3n) is 2.71. The van der Waals surface area contributed by atoms with E-state index >= 15 is 0 Å². The quantitative estimate of drug-likeness (QED) is 0.880. The summed E-state index contributed by atoms with van der Waals surface area (Å²) in [6, 6.07) is 5.44. The van der Waals surface area contributed by atoms with Crippen LogP contribution in [0.4, 0.5) is 10.1 Å². The molecule has 1 heterocycles. The van der Waals surface area contributed by atoms with Crippen LogP contribution in [-0.2, 0) is 4.79 Å². The molecule has 2 N–H and O–H groups in total. The molecule has 0 spiro atoms. The zero-order valence-corrected chi connectivity index (χ0v) is 11.3. The zero-order valence-electron chi connectivity index (χ0n) is 11.3. The highest BCUT2D eigenvalue weighted by molar-refractivity contribution is 5.92. The molecule has 0 aliphatic heterocycles. The highest BCUT2D eigenvalue weighted by Gasteiger charge is 2.12. The zero-order chi connectivity index (χ0) is 14.5. The summed E-state index contributed by atoms with van der Waals surface area (Å²) in [5, 5.41) is 5.66. The molecule has 0 saturated carbocycles. The van der Waals surface area contributed by atoms with Gasteiger partial charge < -0.3 is 9.73 Å². The summed E-state index contributed by atoms with van der Waals surface area (Å²) in [6.45, 7) is 3.78. The van der Waals surface area contributed by atoms with Crippen LogP contribution in [0.3, 0.4) is 0 Å². The summed E-state index contributed by atoms with van der Waals surface area (Å²) in [6.07, 6.45) is 1.63. The van der Waals surface area contributed by atoms with Crippen molar-refractivity contribution in [2.45, 2.75) is 19.9 Å². The second kappa shape index (κ2) is 6.29. The van der Waals surface area contributed by atoms with Crippen molar-refractivity contribution in [3.8, 4) is 0 Å². The first kappa shape index (κ1) is 14.2. The molecule has 6 heteroatoms. The minimum atomic E-state index is -0.339. The van der Waals surface area contributed by atoms with Crippen molar-refractivity contribution in [1.29, 1.82) is 0 Å². The first-order chi connectivity index (χ1) is 9.54. The molecule has 1 unspecified atom stereocenters. The van der Waals surface area contributed by atoms with Gasteiger partial charge in [0.15, 0.2) is 0 Å². The lowest BCUT2D eigenvalue weighted by Gasteiger charge is -2.10. The van der Waals surface area contributed by atoms with Crippen molar-refractivity contribution >= 4 is 11.6 Å². The Morgan fingerprint density at radius 2 is 2.10 bits per heavy atom. The highest BCUT2D eigenvalue weighted by Crippen LogP contribution is 2.12. The average Bonchev–Trinajstić information content (AvgIpc) is 2.85. The van der Waals surface area contributed by atoms with Crippen LogP contribution >= 0.6 is 0 Å². The van der Waals surface area contributed by atoms with Crippen LogP contribution in [0.15, 0.2) is 34.9 Å². The third-order valence-corrected chi connectivity index (χ3v) is 2.71. The van der Waals surface area contributed by atoms with E-state index in [9.17, 15) is 9.18 Å². The number of halogens is 1. The Morgan fingerprint density at radius 1 is 1.40 bits per heavy atom. The van der Waals surface area contributed by atoms with Gasteiger partial charge in [-0.25, -0.2) is 9.37 Å². The third kappa shape index (κ3) is 3.89. The van der Waals surface area contributed by atoms with Crippen molar-refractivity contribution in [2.75, 3.05) is 11.9 Å². The van der Waals surface area contributed by atoms with Gasteiger partial charge in [0.1, 0.15) is 11.6 Å². The fourth-order valence-electron chi connectivity index (χ4n) is 1.64. The number of hydrogen-bond acceptors (Lipinski definition) is 4. The summed E-state index contributed by atoms with van der Waals surface area (Å²) in [4.78, 5) is 15.8. The first-order valence-electron chi connectivity index (χ1n) is 6.26. The lowest BCUT2D eigenvalue weighted by Crippen LogP contribution is -2.30. The molecule has 1 aromatic heterocycles. The number of rotatable bonds is 5. The van der Waals surface area contributed by atoms with E-state index in [-0.39, 0.29) is 24.3 Å². The van der Waals surface area contributed by atoms with Crippen molar-refractivity contribution in [3.05, 3.63) is 47.9 Å². The Balaban J connectivity index is 1.81. The van der Waals surface area contributed by atoms with Gasteiger partial charge in [0.25, 0.3) is 0 Å². The Kier molecular flexibility index (Phi) is 4.47. The smallest absolute Gasteiger partial charge is 0.238 e. The number of carbonyl (C=O) groups is 1. The molecule has 0 saturated heterocycles. The number of aryl methyl sites for hydroxylation is 1. The van der Waals surface area contributed by atoms with Crippen molar-refractivity contribution in [2.24, 2.45) is 0 Å². The van der Waals surface area contributed by atoms with Crippen molar-refractivity contribution in [1.82, 2.24) is 10.3 Å². The molecule has 1 atom stereocenters. The molecule has 2 rings (SSSR count). The predicted octanol–water partition coefficient (Wildman–Crippen LogP) is 2.41. The number of anilines is 1. The molecule has 0 aliphatic rings. The summed E-state index contributed by atoms with van der Waals surface area (Å²) < 4.78 is 18.1.